The molecule has 5 nitrogen and oxygen atoms in total. The predicted octanol–water partition coefficient (Wildman–Crippen LogP) is 2.83. The zero-order chi connectivity index (χ0) is 13.9. The van der Waals surface area contributed by atoms with Crippen molar-refractivity contribution in [2.24, 2.45) is 0 Å². The molecule has 0 unspecified atom stereocenters. The van der Waals surface area contributed by atoms with Crippen molar-refractivity contribution in [1.82, 2.24) is 9.97 Å². The smallest absolute Gasteiger partial charge is 0.153 e. The molecular formula is C15H11N5. The first-order chi connectivity index (χ1) is 9.78. The number of fused-ring (bicyclic) bond motifs is 1. The van der Waals surface area contributed by atoms with Crippen molar-refractivity contribution >= 4 is 28.0 Å². The maximum Gasteiger partial charge on any atom is 0.153 e. The number of nitrogens with zero attached hydrogens (tertiary/aromatic N) is 3. The molecule has 3 aromatic rings. The molecule has 96 valence electrons. The van der Waals surface area contributed by atoms with E-state index < -0.39 is 0 Å². The van der Waals surface area contributed by atoms with Crippen molar-refractivity contribution in [2.45, 2.75) is 0 Å². The Balaban J connectivity index is 2.04. The summed E-state index contributed by atoms with van der Waals surface area (Å²) in [5.74, 6) is 0.528. The third-order valence-corrected chi connectivity index (χ3v) is 2.98. The maximum absolute atomic E-state index is 8.81. The standard InChI is InChI=1S/C15H11N5/c16-7-10-6-13(17)15(19-8-10)20-14-3-1-2-11-4-5-18-9-12(11)14/h1-6,8-9H,17H2,(H,19,20). The number of nitriles is 1. The summed E-state index contributed by atoms with van der Waals surface area (Å²) in [6.45, 7) is 0. The van der Waals surface area contributed by atoms with Crippen LogP contribution in [0.4, 0.5) is 17.2 Å². The van der Waals surface area contributed by atoms with Crippen LogP contribution in [-0.2, 0) is 0 Å². The van der Waals surface area contributed by atoms with Crippen LogP contribution in [-0.4, -0.2) is 9.97 Å². The molecule has 0 saturated carbocycles. The van der Waals surface area contributed by atoms with E-state index in [1.165, 1.54) is 6.20 Å². The predicted molar refractivity (Wildman–Crippen MR) is 78.4 cm³/mol. The molecule has 2 aromatic heterocycles. The molecule has 20 heavy (non-hydrogen) atoms. The zero-order valence-corrected chi connectivity index (χ0v) is 10.5. The number of benzene rings is 1. The van der Waals surface area contributed by atoms with Gasteiger partial charge in [-0.1, -0.05) is 12.1 Å². The summed E-state index contributed by atoms with van der Waals surface area (Å²) in [5.41, 5.74) is 7.64. The second kappa shape index (κ2) is 4.86. The van der Waals surface area contributed by atoms with E-state index in [4.69, 9.17) is 11.0 Å². The number of anilines is 3. The van der Waals surface area contributed by atoms with Gasteiger partial charge in [-0.15, -0.1) is 0 Å². The molecule has 3 rings (SSSR count). The lowest BCUT2D eigenvalue weighted by atomic mass is 10.1. The normalized spacial score (nSPS) is 10.2. The fraction of sp³-hybridized carbons (Fsp3) is 0. The highest BCUT2D eigenvalue weighted by Crippen LogP contribution is 2.27. The number of nitrogens with one attached hydrogen (secondary N) is 1. The second-order valence-corrected chi connectivity index (χ2v) is 4.30. The van der Waals surface area contributed by atoms with Crippen LogP contribution in [0.2, 0.25) is 0 Å². The SMILES string of the molecule is N#Cc1cnc(Nc2cccc3ccncc23)c(N)c1. The molecule has 1 aromatic carbocycles. The first-order valence-corrected chi connectivity index (χ1v) is 6.03. The van der Waals surface area contributed by atoms with Crippen molar-refractivity contribution in [3.8, 4) is 6.07 Å². The van der Waals surface area contributed by atoms with Crippen molar-refractivity contribution < 1.29 is 0 Å². The van der Waals surface area contributed by atoms with Crippen LogP contribution in [0, 0.1) is 11.3 Å². The molecule has 0 radical (unpaired) electrons. The van der Waals surface area contributed by atoms with Crippen LogP contribution >= 0.6 is 0 Å². The summed E-state index contributed by atoms with van der Waals surface area (Å²) in [6.07, 6.45) is 5.03. The molecule has 2 heterocycles. The van der Waals surface area contributed by atoms with E-state index in [-0.39, 0.29) is 0 Å². The maximum atomic E-state index is 8.81. The molecular weight excluding hydrogens is 250 g/mol. The highest BCUT2D eigenvalue weighted by molar-refractivity contribution is 5.95. The van der Waals surface area contributed by atoms with Crippen LogP contribution in [0.5, 0.6) is 0 Å². The first-order valence-electron chi connectivity index (χ1n) is 6.03. The monoisotopic (exact) mass is 261 g/mol. The Labute approximate surface area is 115 Å². The van der Waals surface area contributed by atoms with Gasteiger partial charge in [0.05, 0.1) is 11.3 Å². The number of nitrogens with two attached hydrogens (primary N) is 1. The molecule has 0 aliphatic rings. The third-order valence-electron chi connectivity index (χ3n) is 2.98. The van der Waals surface area contributed by atoms with E-state index in [2.05, 4.69) is 15.3 Å². The van der Waals surface area contributed by atoms with Gasteiger partial charge < -0.3 is 11.1 Å². The Kier molecular flexibility index (Phi) is 2.90. The lowest BCUT2D eigenvalue weighted by Crippen LogP contribution is -2.00. The van der Waals surface area contributed by atoms with Crippen molar-refractivity contribution in [1.29, 1.82) is 5.26 Å². The van der Waals surface area contributed by atoms with Crippen LogP contribution < -0.4 is 11.1 Å². The minimum Gasteiger partial charge on any atom is -0.396 e. The van der Waals surface area contributed by atoms with E-state index in [0.717, 1.165) is 16.5 Å². The second-order valence-electron chi connectivity index (χ2n) is 4.30. The summed E-state index contributed by atoms with van der Waals surface area (Å²) in [5, 5.41) is 14.1. The van der Waals surface area contributed by atoms with E-state index in [9.17, 15) is 0 Å². The quantitative estimate of drug-likeness (QED) is 0.740. The Hall–Kier alpha value is -3.13. The van der Waals surface area contributed by atoms with E-state index in [1.807, 2.05) is 30.3 Å². The molecule has 5 heteroatoms. The first kappa shape index (κ1) is 11.9. The summed E-state index contributed by atoms with van der Waals surface area (Å²) < 4.78 is 0. The fourth-order valence-corrected chi connectivity index (χ4v) is 2.00. The molecule has 0 atom stereocenters. The van der Waals surface area contributed by atoms with Gasteiger partial charge in [-0.05, 0) is 23.6 Å². The van der Waals surface area contributed by atoms with E-state index in [0.29, 0.717) is 17.1 Å². The number of hydrogen-bond donors (Lipinski definition) is 2. The van der Waals surface area contributed by atoms with Gasteiger partial charge >= 0.3 is 0 Å². The topological polar surface area (TPSA) is 87.6 Å². The van der Waals surface area contributed by atoms with Crippen molar-refractivity contribution in [3.05, 3.63) is 54.5 Å². The van der Waals surface area contributed by atoms with Crippen LogP contribution in [0.15, 0.2) is 48.9 Å². The number of nitrogen functional groups attached to an aromatic ring is 1. The Morgan fingerprint density at radius 3 is 2.90 bits per heavy atom. The van der Waals surface area contributed by atoms with Crippen LogP contribution in [0.3, 0.4) is 0 Å². The Morgan fingerprint density at radius 1 is 1.20 bits per heavy atom. The van der Waals surface area contributed by atoms with Crippen LogP contribution in [0.25, 0.3) is 10.8 Å². The van der Waals surface area contributed by atoms with Gasteiger partial charge in [-0.3, -0.25) is 4.98 Å². The third kappa shape index (κ3) is 2.10. The molecule has 3 N–H and O–H groups in total. The Morgan fingerprint density at radius 2 is 2.10 bits per heavy atom. The number of aromatic nitrogens is 2. The fourth-order valence-electron chi connectivity index (χ4n) is 2.00. The molecule has 0 amide bonds. The van der Waals surface area contributed by atoms with Gasteiger partial charge in [0, 0.05) is 29.7 Å². The van der Waals surface area contributed by atoms with Gasteiger partial charge in [0.25, 0.3) is 0 Å². The highest BCUT2D eigenvalue weighted by Gasteiger charge is 2.05. The largest absolute Gasteiger partial charge is 0.396 e. The summed E-state index contributed by atoms with van der Waals surface area (Å²) in [6, 6.07) is 11.4. The zero-order valence-electron chi connectivity index (χ0n) is 10.5. The van der Waals surface area contributed by atoms with E-state index >= 15 is 0 Å². The van der Waals surface area contributed by atoms with Crippen molar-refractivity contribution in [3.63, 3.8) is 0 Å². The summed E-state index contributed by atoms with van der Waals surface area (Å²) >= 11 is 0. The van der Waals surface area contributed by atoms with Gasteiger partial charge in [0.1, 0.15) is 6.07 Å². The molecule has 0 spiro atoms. The summed E-state index contributed by atoms with van der Waals surface area (Å²) in [7, 11) is 0. The van der Waals surface area contributed by atoms with Gasteiger partial charge in [-0.2, -0.15) is 5.26 Å². The highest BCUT2D eigenvalue weighted by atomic mass is 15.0. The molecule has 0 saturated heterocycles. The lowest BCUT2D eigenvalue weighted by Gasteiger charge is -2.10. The minimum atomic E-state index is 0.435. The van der Waals surface area contributed by atoms with Crippen molar-refractivity contribution in [2.75, 3.05) is 11.1 Å². The average molecular weight is 261 g/mol. The molecule has 0 bridgehead atoms. The number of pyridine rings is 2. The van der Waals surface area contributed by atoms with Crippen LogP contribution in [0.1, 0.15) is 5.56 Å². The Bertz CT molecular complexity index is 815. The van der Waals surface area contributed by atoms with E-state index in [1.54, 1.807) is 18.5 Å². The molecule has 0 fully saturated rings. The lowest BCUT2D eigenvalue weighted by molar-refractivity contribution is 1.29. The average Bonchev–Trinajstić information content (AvgIpc) is 2.49. The minimum absolute atomic E-state index is 0.435. The van der Waals surface area contributed by atoms with Gasteiger partial charge in [0.2, 0.25) is 0 Å². The van der Waals surface area contributed by atoms with Gasteiger partial charge in [0.15, 0.2) is 5.82 Å². The number of rotatable bonds is 2. The molecule has 0 aliphatic heterocycles. The number of hydrogen-bond acceptors (Lipinski definition) is 5. The van der Waals surface area contributed by atoms with Gasteiger partial charge in [-0.25, -0.2) is 4.98 Å². The summed E-state index contributed by atoms with van der Waals surface area (Å²) in [4.78, 5) is 8.30. The molecule has 0 aliphatic carbocycles.